The van der Waals surface area contributed by atoms with E-state index in [4.69, 9.17) is 9.47 Å². The second-order valence-electron chi connectivity index (χ2n) is 13.3. The topological polar surface area (TPSA) is 180 Å². The van der Waals surface area contributed by atoms with Crippen molar-refractivity contribution in [1.82, 2.24) is 0 Å². The predicted molar refractivity (Wildman–Crippen MR) is 189 cm³/mol. The Kier molecular flexibility index (Phi) is 7.96. The summed E-state index contributed by atoms with van der Waals surface area (Å²) < 4.78 is 13.6. The maximum Gasteiger partial charge on any atom is 0.135 e. The van der Waals surface area contributed by atoms with E-state index in [1.165, 1.54) is 30.3 Å². The lowest BCUT2D eigenvalue weighted by Gasteiger charge is -2.29. The molecule has 0 unspecified atom stereocenters. The highest BCUT2D eigenvalue weighted by molar-refractivity contribution is 5.60. The molecule has 6 atom stereocenters. The number of fused-ring (bicyclic) bond motifs is 1. The van der Waals surface area contributed by atoms with Gasteiger partial charge in [-0.25, -0.2) is 0 Å². The number of hydrogen-bond donors (Lipinski definition) is 8. The zero-order valence-corrected chi connectivity index (χ0v) is 27.4. The Morgan fingerprint density at radius 3 is 1.23 bits per heavy atom. The molecular weight excluding hydrogens is 664 g/mol. The van der Waals surface area contributed by atoms with Crippen LogP contribution in [0.4, 0.5) is 0 Å². The van der Waals surface area contributed by atoms with Crippen molar-refractivity contribution in [2.45, 2.75) is 36.1 Å². The van der Waals surface area contributed by atoms with E-state index in [-0.39, 0.29) is 46.0 Å². The van der Waals surface area contributed by atoms with Gasteiger partial charge in [0.25, 0.3) is 0 Å². The zero-order valence-electron chi connectivity index (χ0n) is 27.4. The summed E-state index contributed by atoms with van der Waals surface area (Å²) in [5, 5.41) is 84.7. The Balaban J connectivity index is 1.41. The minimum atomic E-state index is -0.745. The highest BCUT2D eigenvalue weighted by Crippen LogP contribution is 2.63. The molecule has 52 heavy (non-hydrogen) atoms. The normalized spacial score (nSPS) is 22.2. The summed E-state index contributed by atoms with van der Waals surface area (Å²) in [5.41, 5.74) is 4.34. The molecule has 10 nitrogen and oxygen atoms in total. The minimum absolute atomic E-state index is 0.0509. The Morgan fingerprint density at radius 2 is 0.750 bits per heavy atom. The van der Waals surface area contributed by atoms with Gasteiger partial charge in [-0.3, -0.25) is 0 Å². The van der Waals surface area contributed by atoms with E-state index in [1.54, 1.807) is 91.0 Å². The molecule has 2 aliphatic heterocycles. The first-order valence-corrected chi connectivity index (χ1v) is 16.6. The lowest BCUT2D eigenvalue weighted by atomic mass is 9.71. The third-order valence-corrected chi connectivity index (χ3v) is 9.98. The number of hydrogen-bond acceptors (Lipinski definition) is 10. The Bertz CT molecular complexity index is 2230. The number of phenols is 8. The van der Waals surface area contributed by atoms with Crippen LogP contribution in [0.5, 0.6) is 51.7 Å². The number of phenolic OH excluding ortho intramolecular Hbond substituents is 8. The molecule has 1 saturated heterocycles. The molecule has 6 aromatic rings. The van der Waals surface area contributed by atoms with Crippen LogP contribution < -0.4 is 4.74 Å². The van der Waals surface area contributed by atoms with Gasteiger partial charge < -0.3 is 50.3 Å². The standard InChI is InChI=1S/C42H34O10/c43-26-7-1-21(2-8-26)40-36(24-13-29(46)17-30(47)14-24)38-34(19-33(50)20-35(38)51-40)39-37(25-15-31(48)18-32(49)16-25)41(22-3-9-27(44)10-4-22)52-42(39)23-5-11-28(45)12-6-23/h1-20,36-37,39-50H/t36-,37+,39+,40+,41-,42-/m1/s1. The monoisotopic (exact) mass is 698 g/mol. The lowest BCUT2D eigenvalue weighted by molar-refractivity contribution is 0.0366. The summed E-state index contributed by atoms with van der Waals surface area (Å²) in [6.07, 6.45) is -2.20. The fraction of sp³-hybridized carbons (Fsp3) is 0.143. The van der Waals surface area contributed by atoms with Crippen molar-refractivity contribution in [2.24, 2.45) is 0 Å². The highest BCUT2D eigenvalue weighted by atomic mass is 16.5. The average Bonchev–Trinajstić information content (AvgIpc) is 3.68. The first kappa shape index (κ1) is 32.7. The summed E-state index contributed by atoms with van der Waals surface area (Å²) in [4.78, 5) is 0. The fourth-order valence-electron chi connectivity index (χ4n) is 7.91. The second kappa shape index (κ2) is 12.7. The number of benzene rings is 6. The Morgan fingerprint density at radius 1 is 0.346 bits per heavy atom. The van der Waals surface area contributed by atoms with Crippen LogP contribution in [-0.2, 0) is 4.74 Å². The molecule has 0 spiro atoms. The molecule has 2 heterocycles. The van der Waals surface area contributed by atoms with Gasteiger partial charge in [-0.1, -0.05) is 36.4 Å². The first-order valence-electron chi connectivity index (χ1n) is 16.6. The highest BCUT2D eigenvalue weighted by Gasteiger charge is 2.51. The Hall–Kier alpha value is -6.52. The summed E-state index contributed by atoms with van der Waals surface area (Å²) in [6.45, 7) is 0. The Labute approximate surface area is 297 Å². The lowest BCUT2D eigenvalue weighted by Crippen LogP contribution is -2.17. The first-order chi connectivity index (χ1) is 25.0. The molecule has 6 aromatic carbocycles. The SMILES string of the molecule is Oc1ccc([C@H]2O[C@H](c3ccc(O)cc3)[C@@H](c3cc(O)cc4c3[C@@H](c3cc(O)cc(O)c3)[C@H](c3ccc(O)cc3)O4)[C@@H]2c2cc(O)cc(O)c2)cc1. The molecule has 0 aliphatic carbocycles. The summed E-state index contributed by atoms with van der Waals surface area (Å²) in [5.74, 6) is -2.24. The maximum atomic E-state index is 11.4. The largest absolute Gasteiger partial charge is 0.508 e. The molecule has 262 valence electrons. The van der Waals surface area contributed by atoms with Gasteiger partial charge in [0.05, 0.1) is 18.1 Å². The van der Waals surface area contributed by atoms with E-state index in [1.807, 2.05) is 0 Å². The van der Waals surface area contributed by atoms with Gasteiger partial charge in [0, 0.05) is 35.6 Å². The molecule has 0 saturated carbocycles. The van der Waals surface area contributed by atoms with Crippen molar-refractivity contribution in [1.29, 1.82) is 0 Å². The van der Waals surface area contributed by atoms with Gasteiger partial charge in [-0.2, -0.15) is 0 Å². The summed E-state index contributed by atoms with van der Waals surface area (Å²) in [7, 11) is 0. The molecule has 0 aromatic heterocycles. The molecule has 2 aliphatic rings. The van der Waals surface area contributed by atoms with Crippen molar-refractivity contribution in [3.05, 3.63) is 160 Å². The van der Waals surface area contributed by atoms with Crippen LogP contribution in [0.25, 0.3) is 0 Å². The minimum Gasteiger partial charge on any atom is -0.508 e. The smallest absolute Gasteiger partial charge is 0.135 e. The molecule has 8 N–H and O–H groups in total. The van der Waals surface area contributed by atoms with E-state index in [0.717, 1.165) is 0 Å². The number of aromatic hydroxyl groups is 8. The van der Waals surface area contributed by atoms with E-state index < -0.39 is 36.1 Å². The average molecular weight is 699 g/mol. The molecular formula is C42H34O10. The quantitative estimate of drug-likeness (QED) is 0.0850. The van der Waals surface area contributed by atoms with Crippen LogP contribution in [0.1, 0.15) is 75.0 Å². The molecule has 0 bridgehead atoms. The molecule has 0 radical (unpaired) electrons. The summed E-state index contributed by atoms with van der Waals surface area (Å²) >= 11 is 0. The number of rotatable bonds is 6. The van der Waals surface area contributed by atoms with Crippen LogP contribution in [0.15, 0.2) is 121 Å². The van der Waals surface area contributed by atoms with Crippen LogP contribution in [0.2, 0.25) is 0 Å². The van der Waals surface area contributed by atoms with Crippen LogP contribution in [0.3, 0.4) is 0 Å². The van der Waals surface area contributed by atoms with Crippen LogP contribution >= 0.6 is 0 Å². The van der Waals surface area contributed by atoms with E-state index in [0.29, 0.717) is 44.7 Å². The van der Waals surface area contributed by atoms with Crippen molar-refractivity contribution >= 4 is 0 Å². The third kappa shape index (κ3) is 5.88. The fourth-order valence-corrected chi connectivity index (χ4v) is 7.91. The van der Waals surface area contributed by atoms with E-state index in [2.05, 4.69) is 0 Å². The van der Waals surface area contributed by atoms with Crippen molar-refractivity contribution < 1.29 is 50.3 Å². The number of ether oxygens (including phenoxy) is 2. The third-order valence-electron chi connectivity index (χ3n) is 9.98. The van der Waals surface area contributed by atoms with Crippen molar-refractivity contribution in [3.63, 3.8) is 0 Å². The van der Waals surface area contributed by atoms with E-state index in [9.17, 15) is 40.9 Å². The van der Waals surface area contributed by atoms with Gasteiger partial charge in [-0.15, -0.1) is 0 Å². The van der Waals surface area contributed by atoms with Gasteiger partial charge in [0.2, 0.25) is 0 Å². The molecule has 1 fully saturated rings. The van der Waals surface area contributed by atoms with Crippen LogP contribution in [-0.4, -0.2) is 40.9 Å². The van der Waals surface area contributed by atoms with Crippen LogP contribution in [0, 0.1) is 0 Å². The molecule has 10 heteroatoms. The van der Waals surface area contributed by atoms with Gasteiger partial charge in [0.15, 0.2) is 0 Å². The van der Waals surface area contributed by atoms with Crippen molar-refractivity contribution in [2.75, 3.05) is 0 Å². The summed E-state index contributed by atoms with van der Waals surface area (Å²) in [6, 6.07) is 31.5. The van der Waals surface area contributed by atoms with Gasteiger partial charge in [0.1, 0.15) is 57.8 Å². The maximum absolute atomic E-state index is 11.4. The van der Waals surface area contributed by atoms with Gasteiger partial charge in [-0.05, 0) is 100 Å². The van der Waals surface area contributed by atoms with Gasteiger partial charge >= 0.3 is 0 Å². The zero-order chi connectivity index (χ0) is 36.3. The van der Waals surface area contributed by atoms with Crippen molar-refractivity contribution in [3.8, 4) is 51.7 Å². The second-order valence-corrected chi connectivity index (χ2v) is 13.3. The van der Waals surface area contributed by atoms with E-state index >= 15 is 0 Å². The molecule has 8 rings (SSSR count). The molecule has 0 amide bonds. The predicted octanol–water partition coefficient (Wildman–Crippen LogP) is 7.98.